The molecule has 0 unspecified atom stereocenters. The minimum atomic E-state index is -1.61. The lowest BCUT2D eigenvalue weighted by molar-refractivity contribution is 0.00189. The van der Waals surface area contributed by atoms with Gasteiger partial charge in [-0.3, -0.25) is 0 Å². The fourth-order valence-corrected chi connectivity index (χ4v) is 2.88. The van der Waals surface area contributed by atoms with E-state index in [0.717, 1.165) is 12.8 Å². The maximum absolute atomic E-state index is 9.09. The van der Waals surface area contributed by atoms with Gasteiger partial charge >= 0.3 is 0 Å². The minimum absolute atomic E-state index is 0.280. The van der Waals surface area contributed by atoms with E-state index in [1.165, 1.54) is 0 Å². The molecule has 0 heterocycles. The second-order valence-corrected chi connectivity index (χ2v) is 10.7. The van der Waals surface area contributed by atoms with Gasteiger partial charge in [-0.2, -0.15) is 0 Å². The molecule has 2 nitrogen and oxygen atoms in total. The molecule has 84 valence electrons. The topological polar surface area (TPSA) is 29.5 Å². The highest BCUT2D eigenvalue weighted by atomic mass is 28.4. The Morgan fingerprint density at radius 2 is 1.86 bits per heavy atom. The van der Waals surface area contributed by atoms with E-state index in [-0.39, 0.29) is 5.04 Å². The first-order valence-electron chi connectivity index (χ1n) is 5.56. The maximum Gasteiger partial charge on any atom is 0.192 e. The lowest BCUT2D eigenvalue weighted by Crippen LogP contribution is -2.49. The molecule has 3 heteroatoms. The van der Waals surface area contributed by atoms with Crippen LogP contribution < -0.4 is 0 Å². The van der Waals surface area contributed by atoms with Crippen molar-refractivity contribution in [2.75, 3.05) is 6.61 Å². The van der Waals surface area contributed by atoms with Gasteiger partial charge < -0.3 is 9.53 Å². The van der Waals surface area contributed by atoms with E-state index in [1.54, 1.807) is 0 Å². The Bertz CT molecular complexity index is 194. The molecule has 2 atom stereocenters. The molecule has 1 aliphatic carbocycles. The van der Waals surface area contributed by atoms with Gasteiger partial charge in [0.15, 0.2) is 8.32 Å². The third-order valence-corrected chi connectivity index (χ3v) is 8.34. The number of rotatable bonds is 3. The van der Waals surface area contributed by atoms with E-state index in [2.05, 4.69) is 33.9 Å². The number of hydrogen-bond donors (Lipinski definition) is 1. The summed E-state index contributed by atoms with van der Waals surface area (Å²) >= 11 is 0. The molecule has 1 aliphatic rings. The molecule has 14 heavy (non-hydrogen) atoms. The third kappa shape index (κ3) is 2.38. The van der Waals surface area contributed by atoms with Crippen molar-refractivity contribution in [3.8, 4) is 0 Å². The number of aliphatic hydroxyl groups excluding tert-OH is 1. The molecule has 0 bridgehead atoms. The first-order valence-corrected chi connectivity index (χ1v) is 8.47. The van der Waals surface area contributed by atoms with Gasteiger partial charge in [-0.15, -0.1) is 0 Å². The Morgan fingerprint density at radius 3 is 2.14 bits per heavy atom. The van der Waals surface area contributed by atoms with Crippen LogP contribution in [0, 0.1) is 5.92 Å². The minimum Gasteiger partial charge on any atom is -0.414 e. The highest BCUT2D eigenvalue weighted by molar-refractivity contribution is 6.74. The van der Waals surface area contributed by atoms with Crippen molar-refractivity contribution in [1.82, 2.24) is 0 Å². The Kier molecular flexibility index (Phi) is 3.44. The predicted octanol–water partition coefficient (Wildman–Crippen LogP) is 2.78. The van der Waals surface area contributed by atoms with Crippen molar-refractivity contribution in [1.29, 1.82) is 0 Å². The first-order chi connectivity index (χ1) is 6.28. The first kappa shape index (κ1) is 12.2. The highest BCUT2D eigenvalue weighted by Crippen LogP contribution is 2.41. The molecule has 0 aromatic carbocycles. The third-order valence-electron chi connectivity index (χ3n) is 3.83. The molecule has 1 fully saturated rings. The van der Waals surface area contributed by atoms with Crippen LogP contribution in [0.2, 0.25) is 18.1 Å². The Balaban J connectivity index is 2.51. The summed E-state index contributed by atoms with van der Waals surface area (Å²) in [5, 5.41) is 9.37. The van der Waals surface area contributed by atoms with E-state index < -0.39 is 8.32 Å². The molecule has 1 N–H and O–H groups in total. The van der Waals surface area contributed by atoms with E-state index in [1.807, 2.05) is 0 Å². The number of aliphatic hydroxyl groups is 1. The molecule has 1 saturated carbocycles. The van der Waals surface area contributed by atoms with Gasteiger partial charge in [0.25, 0.3) is 0 Å². The Hall–Kier alpha value is 0.137. The zero-order valence-electron chi connectivity index (χ0n) is 10.1. The fourth-order valence-electron chi connectivity index (χ4n) is 1.46. The molecule has 0 aliphatic heterocycles. The van der Waals surface area contributed by atoms with Crippen LogP contribution in [0.15, 0.2) is 0 Å². The lowest BCUT2D eigenvalue weighted by Gasteiger charge is -2.45. The summed E-state index contributed by atoms with van der Waals surface area (Å²) in [5.74, 6) is 0.407. The molecule has 0 spiro atoms. The summed E-state index contributed by atoms with van der Waals surface area (Å²) in [6.45, 7) is 11.6. The van der Waals surface area contributed by atoms with Crippen LogP contribution >= 0.6 is 0 Å². The van der Waals surface area contributed by atoms with Crippen LogP contribution in [-0.4, -0.2) is 26.1 Å². The van der Waals surface area contributed by atoms with Crippen LogP contribution in [0.5, 0.6) is 0 Å². The average molecular weight is 216 g/mol. The zero-order valence-corrected chi connectivity index (χ0v) is 11.1. The van der Waals surface area contributed by atoms with E-state index in [9.17, 15) is 0 Å². The second-order valence-electron chi connectivity index (χ2n) is 5.94. The number of hydrogen-bond acceptors (Lipinski definition) is 2. The van der Waals surface area contributed by atoms with Gasteiger partial charge in [-0.25, -0.2) is 0 Å². The average Bonchev–Trinajstić information content (AvgIpc) is 1.97. The normalized spacial score (nSPS) is 28.7. The molecular weight excluding hydrogens is 192 g/mol. The summed E-state index contributed by atoms with van der Waals surface area (Å²) in [7, 11) is -1.61. The summed E-state index contributed by atoms with van der Waals surface area (Å²) in [6, 6.07) is 0. The van der Waals surface area contributed by atoms with Crippen LogP contribution in [0.3, 0.4) is 0 Å². The Labute approximate surface area is 88.8 Å². The van der Waals surface area contributed by atoms with Gasteiger partial charge in [-0.05, 0) is 31.0 Å². The van der Waals surface area contributed by atoms with Gasteiger partial charge in [0.05, 0.1) is 6.10 Å². The van der Waals surface area contributed by atoms with Crippen molar-refractivity contribution in [2.45, 2.75) is 57.8 Å². The molecule has 0 radical (unpaired) electrons. The standard InChI is InChI=1S/C11H24O2Si/c1-11(2,3)14(4,5)13-10-7-6-9(10)8-12/h9-10,12H,6-8H2,1-5H3/t9-,10-/m0/s1. The summed E-state index contributed by atoms with van der Waals surface area (Å²) < 4.78 is 6.22. The highest BCUT2D eigenvalue weighted by Gasteiger charge is 2.42. The predicted molar refractivity (Wildman–Crippen MR) is 61.9 cm³/mol. The monoisotopic (exact) mass is 216 g/mol. The molecule has 1 rings (SSSR count). The van der Waals surface area contributed by atoms with Crippen molar-refractivity contribution >= 4 is 8.32 Å². The van der Waals surface area contributed by atoms with Gasteiger partial charge in [0.2, 0.25) is 0 Å². The Morgan fingerprint density at radius 1 is 1.29 bits per heavy atom. The maximum atomic E-state index is 9.09. The fraction of sp³-hybridized carbons (Fsp3) is 1.00. The van der Waals surface area contributed by atoms with Gasteiger partial charge in [0, 0.05) is 12.5 Å². The quantitative estimate of drug-likeness (QED) is 0.735. The van der Waals surface area contributed by atoms with E-state index in [4.69, 9.17) is 9.53 Å². The second kappa shape index (κ2) is 3.95. The lowest BCUT2D eigenvalue weighted by atomic mass is 9.83. The van der Waals surface area contributed by atoms with Crippen molar-refractivity contribution in [3.05, 3.63) is 0 Å². The smallest absolute Gasteiger partial charge is 0.192 e. The molecule has 0 aromatic heterocycles. The van der Waals surface area contributed by atoms with Crippen LogP contribution in [0.4, 0.5) is 0 Å². The SMILES string of the molecule is CC(C)(C)[Si](C)(C)O[C@H]1CC[C@H]1CO. The largest absolute Gasteiger partial charge is 0.414 e. The van der Waals surface area contributed by atoms with Crippen LogP contribution in [-0.2, 0) is 4.43 Å². The molecular formula is C11H24O2Si. The van der Waals surface area contributed by atoms with Gasteiger partial charge in [0.1, 0.15) is 0 Å². The van der Waals surface area contributed by atoms with Crippen LogP contribution in [0.25, 0.3) is 0 Å². The van der Waals surface area contributed by atoms with Crippen LogP contribution in [0.1, 0.15) is 33.6 Å². The van der Waals surface area contributed by atoms with Crippen molar-refractivity contribution in [3.63, 3.8) is 0 Å². The van der Waals surface area contributed by atoms with Crippen molar-refractivity contribution < 1.29 is 9.53 Å². The van der Waals surface area contributed by atoms with E-state index in [0.29, 0.717) is 18.6 Å². The zero-order chi connectivity index (χ0) is 11.0. The summed E-state index contributed by atoms with van der Waals surface area (Å²) in [5.41, 5.74) is 0. The molecule has 0 aromatic rings. The summed E-state index contributed by atoms with van der Waals surface area (Å²) in [6.07, 6.45) is 2.61. The van der Waals surface area contributed by atoms with Gasteiger partial charge in [-0.1, -0.05) is 20.8 Å². The molecule has 0 amide bonds. The summed E-state index contributed by atoms with van der Waals surface area (Å²) in [4.78, 5) is 0. The molecule has 0 saturated heterocycles. The van der Waals surface area contributed by atoms with Crippen molar-refractivity contribution in [2.24, 2.45) is 5.92 Å². The van der Waals surface area contributed by atoms with E-state index >= 15 is 0 Å².